The Bertz CT molecular complexity index is 1530. The number of aromatic nitrogens is 2. The number of fused-ring (bicyclic) bond motifs is 5. The van der Waals surface area contributed by atoms with E-state index in [1.165, 1.54) is 18.6 Å². The van der Waals surface area contributed by atoms with Crippen LogP contribution in [0.2, 0.25) is 0 Å². The molecule has 0 aromatic carbocycles. The molecule has 3 saturated carbocycles. The number of allylic oxidation sites excluding steroid dienone is 2. The van der Waals surface area contributed by atoms with Crippen molar-refractivity contribution < 1.29 is 28.8 Å². The van der Waals surface area contributed by atoms with Gasteiger partial charge in [0.25, 0.3) is 11.8 Å². The molecule has 2 bridgehead atoms. The third kappa shape index (κ3) is 8.02. The average Bonchev–Trinajstić information content (AvgIpc) is 3.49. The molecule has 1 aliphatic heterocycles. The van der Waals surface area contributed by atoms with Gasteiger partial charge in [-0.25, -0.2) is 4.98 Å². The van der Waals surface area contributed by atoms with E-state index in [2.05, 4.69) is 43.4 Å². The molecule has 0 radical (unpaired) electrons. The Morgan fingerprint density at radius 2 is 1.65 bits per heavy atom. The van der Waals surface area contributed by atoms with E-state index in [0.717, 1.165) is 51.4 Å². The van der Waals surface area contributed by atoms with Crippen molar-refractivity contribution in [3.8, 4) is 0 Å². The maximum absolute atomic E-state index is 14.8. The SMILES string of the molecule is CCC[C@H](NC(=O)[C@@H]1[C@H]2C3C=CC(C3)[C@H]2CN1C(=O)[C@@H](NC(=O)[C@@H](NC(=O)c1cnccn1)C1CCCCC1)C(C)(C)C)C(=O)C(=O)NC1CC1. The first kappa shape index (κ1) is 36.6. The van der Waals surface area contributed by atoms with Crippen molar-refractivity contribution in [2.75, 3.05) is 6.54 Å². The van der Waals surface area contributed by atoms with Crippen molar-refractivity contribution in [1.82, 2.24) is 36.1 Å². The van der Waals surface area contributed by atoms with E-state index >= 15 is 0 Å². The summed E-state index contributed by atoms with van der Waals surface area (Å²) in [6, 6.07) is -3.77. The van der Waals surface area contributed by atoms with E-state index in [-0.39, 0.29) is 47.2 Å². The third-order valence-corrected chi connectivity index (χ3v) is 11.6. The molecule has 276 valence electrons. The first-order valence-electron chi connectivity index (χ1n) is 18.9. The van der Waals surface area contributed by atoms with Crippen LogP contribution in [0.4, 0.5) is 0 Å². The molecule has 8 atom stereocenters. The highest BCUT2D eigenvalue weighted by Gasteiger charge is 2.59. The monoisotopic (exact) mass is 703 g/mol. The molecule has 2 unspecified atom stereocenters. The number of likely N-dealkylation sites (tertiary alicyclic amines) is 1. The van der Waals surface area contributed by atoms with Crippen molar-refractivity contribution in [3.63, 3.8) is 0 Å². The fourth-order valence-corrected chi connectivity index (χ4v) is 8.78. The minimum Gasteiger partial charge on any atom is -0.347 e. The highest BCUT2D eigenvalue weighted by atomic mass is 16.2. The fourth-order valence-electron chi connectivity index (χ4n) is 8.78. The number of rotatable bonds is 13. The second-order valence-corrected chi connectivity index (χ2v) is 16.3. The number of amides is 5. The van der Waals surface area contributed by atoms with Crippen molar-refractivity contribution in [3.05, 3.63) is 36.4 Å². The highest BCUT2D eigenvalue weighted by Crippen LogP contribution is 2.54. The van der Waals surface area contributed by atoms with E-state index in [1.807, 2.05) is 27.7 Å². The van der Waals surface area contributed by atoms with Crippen molar-refractivity contribution in [1.29, 1.82) is 0 Å². The van der Waals surface area contributed by atoms with Crippen molar-refractivity contribution >= 4 is 35.3 Å². The van der Waals surface area contributed by atoms with Gasteiger partial charge in [-0.2, -0.15) is 0 Å². The molecule has 1 aromatic heterocycles. The van der Waals surface area contributed by atoms with Gasteiger partial charge in [-0.3, -0.25) is 33.8 Å². The molecule has 6 rings (SSSR count). The van der Waals surface area contributed by atoms with Gasteiger partial charge in [0.1, 0.15) is 23.8 Å². The molecule has 13 heteroatoms. The number of carbonyl (C=O) groups excluding carboxylic acids is 6. The summed E-state index contributed by atoms with van der Waals surface area (Å²) in [6.07, 6.45) is 16.5. The lowest BCUT2D eigenvalue weighted by Crippen LogP contribution is -2.62. The van der Waals surface area contributed by atoms with E-state index in [1.54, 1.807) is 4.90 Å². The van der Waals surface area contributed by atoms with Crippen LogP contribution in [-0.2, 0) is 24.0 Å². The molecule has 5 amide bonds. The summed E-state index contributed by atoms with van der Waals surface area (Å²) < 4.78 is 0. The van der Waals surface area contributed by atoms with Gasteiger partial charge in [0, 0.05) is 25.0 Å². The number of ketones is 1. The molecular weight excluding hydrogens is 650 g/mol. The first-order chi connectivity index (χ1) is 24.4. The minimum atomic E-state index is -1.01. The summed E-state index contributed by atoms with van der Waals surface area (Å²) in [6.45, 7) is 7.85. The Balaban J connectivity index is 1.24. The van der Waals surface area contributed by atoms with Gasteiger partial charge >= 0.3 is 0 Å². The number of nitrogens with zero attached hydrogens (tertiary/aromatic N) is 3. The van der Waals surface area contributed by atoms with Crippen LogP contribution in [0, 0.1) is 35.0 Å². The predicted molar refractivity (Wildman–Crippen MR) is 187 cm³/mol. The van der Waals surface area contributed by atoms with Crippen LogP contribution in [0.25, 0.3) is 0 Å². The molecule has 13 nitrogen and oxygen atoms in total. The number of nitrogens with one attached hydrogen (secondary N) is 4. The fraction of sp³-hybridized carbons (Fsp3) is 0.684. The van der Waals surface area contributed by atoms with Crippen molar-refractivity contribution in [2.45, 2.75) is 122 Å². The van der Waals surface area contributed by atoms with E-state index in [0.29, 0.717) is 19.4 Å². The van der Waals surface area contributed by atoms with Crippen LogP contribution in [0.5, 0.6) is 0 Å². The Morgan fingerprint density at radius 1 is 0.922 bits per heavy atom. The van der Waals surface area contributed by atoms with Crippen LogP contribution in [-0.4, -0.2) is 86.9 Å². The lowest BCUT2D eigenvalue weighted by Gasteiger charge is -2.38. The summed E-state index contributed by atoms with van der Waals surface area (Å²) in [7, 11) is 0. The molecule has 51 heavy (non-hydrogen) atoms. The first-order valence-corrected chi connectivity index (χ1v) is 18.9. The molecule has 2 heterocycles. The normalized spacial score (nSPS) is 27.2. The smallest absolute Gasteiger partial charge is 0.289 e. The molecule has 4 aliphatic carbocycles. The van der Waals surface area contributed by atoms with Crippen LogP contribution in [0.1, 0.15) is 102 Å². The summed E-state index contributed by atoms with van der Waals surface area (Å²) in [5.74, 6) is -2.99. The maximum Gasteiger partial charge on any atom is 0.289 e. The lowest BCUT2D eigenvalue weighted by atomic mass is 9.81. The van der Waals surface area contributed by atoms with E-state index < -0.39 is 59.0 Å². The third-order valence-electron chi connectivity index (χ3n) is 11.6. The zero-order chi connectivity index (χ0) is 36.4. The van der Waals surface area contributed by atoms with Gasteiger partial charge in [-0.15, -0.1) is 0 Å². The second-order valence-electron chi connectivity index (χ2n) is 16.3. The van der Waals surface area contributed by atoms with E-state index in [9.17, 15) is 28.8 Å². The quantitative estimate of drug-likeness (QED) is 0.179. The van der Waals surface area contributed by atoms with Crippen LogP contribution in [0.3, 0.4) is 0 Å². The Kier molecular flexibility index (Phi) is 10.9. The number of carbonyl (C=O) groups is 6. The minimum absolute atomic E-state index is 0.00606. The largest absolute Gasteiger partial charge is 0.347 e. The van der Waals surface area contributed by atoms with Crippen molar-refractivity contribution in [2.24, 2.45) is 35.0 Å². The van der Waals surface area contributed by atoms with Gasteiger partial charge in [0.2, 0.25) is 23.5 Å². The molecule has 5 aliphatic rings. The number of hydrogen-bond acceptors (Lipinski definition) is 8. The number of Topliss-reactive ketones (excluding diaryl/α,β-unsaturated/α-hetero) is 1. The van der Waals surface area contributed by atoms with Gasteiger partial charge in [-0.1, -0.05) is 65.5 Å². The topological polar surface area (TPSA) is 180 Å². The van der Waals surface area contributed by atoms with E-state index in [4.69, 9.17) is 0 Å². The Labute approximate surface area is 299 Å². The Hall–Kier alpha value is -4.16. The summed E-state index contributed by atoms with van der Waals surface area (Å²) in [5, 5.41) is 11.6. The van der Waals surface area contributed by atoms with Gasteiger partial charge in [0.05, 0.1) is 12.2 Å². The lowest BCUT2D eigenvalue weighted by molar-refractivity contribution is -0.146. The summed E-state index contributed by atoms with van der Waals surface area (Å²) >= 11 is 0. The molecule has 1 aromatic rings. The van der Waals surface area contributed by atoms with Crippen LogP contribution >= 0.6 is 0 Å². The molecular formula is C38H53N7O6. The molecule has 1 saturated heterocycles. The van der Waals surface area contributed by atoms with Gasteiger partial charge < -0.3 is 26.2 Å². The van der Waals surface area contributed by atoms with Crippen LogP contribution < -0.4 is 21.3 Å². The Morgan fingerprint density at radius 3 is 2.29 bits per heavy atom. The summed E-state index contributed by atoms with van der Waals surface area (Å²) in [4.78, 5) is 92.3. The molecule has 4 N–H and O–H groups in total. The maximum atomic E-state index is 14.8. The number of hydrogen-bond donors (Lipinski definition) is 4. The highest BCUT2D eigenvalue weighted by molar-refractivity contribution is 6.38. The zero-order valence-electron chi connectivity index (χ0n) is 30.2. The van der Waals surface area contributed by atoms with Gasteiger partial charge in [0.15, 0.2) is 0 Å². The van der Waals surface area contributed by atoms with Gasteiger partial charge in [-0.05, 0) is 73.5 Å². The second kappa shape index (κ2) is 15.2. The van der Waals surface area contributed by atoms with Crippen LogP contribution in [0.15, 0.2) is 30.7 Å². The predicted octanol–water partition coefficient (Wildman–Crippen LogP) is 2.47. The summed E-state index contributed by atoms with van der Waals surface area (Å²) in [5.41, 5.74) is -0.656. The average molecular weight is 704 g/mol. The molecule has 4 fully saturated rings. The zero-order valence-corrected chi connectivity index (χ0v) is 30.2. The standard InChI is InChI=1S/C38H53N7O6/c1-5-9-26(31(46)36(50)41-24-14-15-24)42-35(49)30-28-23-13-12-22(18-23)25(28)20-45(30)37(51)32(38(2,3)4)44-34(48)29(21-10-7-6-8-11-21)43-33(47)27-19-39-16-17-40-27/h12-13,16-17,19,21-26,28-30,32H,5-11,14-15,18,20H2,1-4H3,(H,41,50)(H,42,49)(H,43,47)(H,44,48)/t22?,23?,25-,26+,28+,29+,30+,32-/m1/s1. The molecule has 0 spiro atoms.